The van der Waals surface area contributed by atoms with Crippen molar-refractivity contribution in [2.45, 2.75) is 44.6 Å². The number of fused-ring (bicyclic) bond motifs is 2. The average Bonchev–Trinajstić information content (AvgIpc) is 3.04. The number of halogens is 2. The van der Waals surface area contributed by atoms with Gasteiger partial charge in [0.25, 0.3) is 0 Å². The Morgan fingerprint density at radius 2 is 2.20 bits per heavy atom. The molecule has 0 spiro atoms. The van der Waals surface area contributed by atoms with E-state index in [1.165, 1.54) is 32.1 Å². The molecule has 2 bridgehead atoms. The highest BCUT2D eigenvalue weighted by molar-refractivity contribution is 6.30. The smallest absolute Gasteiger partial charge is 0.142 e. The zero-order valence-corrected chi connectivity index (χ0v) is 12.8. The molecule has 0 saturated heterocycles. The summed E-state index contributed by atoms with van der Waals surface area (Å²) in [4.78, 5) is 0. The summed E-state index contributed by atoms with van der Waals surface area (Å²) in [7, 11) is 2.02. The minimum absolute atomic E-state index is 0.211. The minimum atomic E-state index is -0.307. The molecule has 2 fully saturated rings. The number of likely N-dealkylation sites (N-methyl/N-ethyl adjacent to an activating group) is 1. The van der Waals surface area contributed by atoms with Crippen LogP contribution in [0.25, 0.3) is 0 Å². The third-order valence-corrected chi connectivity index (χ3v) is 5.65. The van der Waals surface area contributed by atoms with Crippen LogP contribution in [0.2, 0.25) is 5.02 Å². The van der Waals surface area contributed by atoms with E-state index >= 15 is 0 Å². The lowest BCUT2D eigenvalue weighted by Crippen LogP contribution is -2.31. The molecule has 0 aliphatic heterocycles. The van der Waals surface area contributed by atoms with Gasteiger partial charge in [0.1, 0.15) is 5.82 Å². The van der Waals surface area contributed by atoms with Crippen molar-refractivity contribution in [1.29, 1.82) is 0 Å². The Hall–Kier alpha value is -0.600. The maximum Gasteiger partial charge on any atom is 0.142 e. The molecule has 2 aliphatic carbocycles. The Morgan fingerprint density at radius 3 is 2.80 bits per heavy atom. The number of nitrogens with one attached hydrogen (secondary N) is 1. The first-order valence-electron chi connectivity index (χ1n) is 7.77. The molecule has 1 N–H and O–H groups in total. The Bertz CT molecular complexity index is 476. The Labute approximate surface area is 125 Å². The fourth-order valence-corrected chi connectivity index (χ4v) is 4.40. The summed E-state index contributed by atoms with van der Waals surface area (Å²) >= 11 is 5.74. The summed E-state index contributed by atoms with van der Waals surface area (Å²) in [5.41, 5.74) is 1.04. The molecule has 1 aromatic carbocycles. The molecular weight excluding hydrogens is 273 g/mol. The van der Waals surface area contributed by atoms with Crippen molar-refractivity contribution in [1.82, 2.24) is 5.32 Å². The number of rotatable bonds is 5. The Morgan fingerprint density at radius 1 is 1.35 bits per heavy atom. The number of hydrogen-bond donors (Lipinski definition) is 1. The van der Waals surface area contributed by atoms with Crippen LogP contribution in [-0.4, -0.2) is 13.1 Å². The maximum atomic E-state index is 13.5. The molecule has 1 nitrogen and oxygen atoms in total. The standard InChI is InChI=1S/C17H23ClFN/c1-20-15(8-12-3-5-16(18)17(19)9-12)10-14-7-11-2-4-13(14)6-11/h3,5,9,11,13-15,20H,2,4,6-8,10H2,1H3. The number of hydrogen-bond acceptors (Lipinski definition) is 1. The van der Waals surface area contributed by atoms with E-state index in [1.807, 2.05) is 13.1 Å². The van der Waals surface area contributed by atoms with Crippen LogP contribution < -0.4 is 5.32 Å². The van der Waals surface area contributed by atoms with Gasteiger partial charge < -0.3 is 5.32 Å². The fraction of sp³-hybridized carbons (Fsp3) is 0.647. The second-order valence-electron chi connectivity index (χ2n) is 6.61. The number of benzene rings is 1. The summed E-state index contributed by atoms with van der Waals surface area (Å²) < 4.78 is 13.5. The van der Waals surface area contributed by atoms with Gasteiger partial charge in [-0.05, 0) is 74.6 Å². The monoisotopic (exact) mass is 295 g/mol. The highest BCUT2D eigenvalue weighted by Crippen LogP contribution is 2.49. The van der Waals surface area contributed by atoms with Crippen LogP contribution in [0.1, 0.15) is 37.7 Å². The fourth-order valence-electron chi connectivity index (χ4n) is 4.28. The summed E-state index contributed by atoms with van der Waals surface area (Å²) in [6.45, 7) is 0. The van der Waals surface area contributed by atoms with Gasteiger partial charge in [0.2, 0.25) is 0 Å². The van der Waals surface area contributed by atoms with Crippen molar-refractivity contribution in [3.05, 3.63) is 34.6 Å². The van der Waals surface area contributed by atoms with E-state index in [0.717, 1.165) is 29.7 Å². The third-order valence-electron chi connectivity index (χ3n) is 5.35. The first-order valence-corrected chi connectivity index (χ1v) is 8.14. The predicted molar refractivity (Wildman–Crippen MR) is 81.5 cm³/mol. The van der Waals surface area contributed by atoms with Gasteiger partial charge in [0.15, 0.2) is 0 Å². The lowest BCUT2D eigenvalue weighted by Gasteiger charge is -2.26. The van der Waals surface area contributed by atoms with Gasteiger partial charge in [-0.25, -0.2) is 4.39 Å². The van der Waals surface area contributed by atoms with E-state index in [4.69, 9.17) is 11.6 Å². The van der Waals surface area contributed by atoms with Gasteiger partial charge in [0, 0.05) is 6.04 Å². The van der Waals surface area contributed by atoms with Gasteiger partial charge in [-0.15, -0.1) is 0 Å². The van der Waals surface area contributed by atoms with E-state index in [0.29, 0.717) is 6.04 Å². The van der Waals surface area contributed by atoms with Crippen molar-refractivity contribution in [2.24, 2.45) is 17.8 Å². The van der Waals surface area contributed by atoms with E-state index in [9.17, 15) is 4.39 Å². The Balaban J connectivity index is 1.60. The van der Waals surface area contributed by atoms with Crippen molar-refractivity contribution in [2.75, 3.05) is 7.05 Å². The van der Waals surface area contributed by atoms with Gasteiger partial charge in [0.05, 0.1) is 5.02 Å². The zero-order chi connectivity index (χ0) is 14.1. The van der Waals surface area contributed by atoms with Gasteiger partial charge in [-0.3, -0.25) is 0 Å². The average molecular weight is 296 g/mol. The van der Waals surface area contributed by atoms with Gasteiger partial charge in [-0.2, -0.15) is 0 Å². The molecule has 20 heavy (non-hydrogen) atoms. The molecule has 3 heteroatoms. The molecule has 1 aromatic rings. The zero-order valence-electron chi connectivity index (χ0n) is 12.0. The molecule has 3 rings (SSSR count). The van der Waals surface area contributed by atoms with Crippen molar-refractivity contribution >= 4 is 11.6 Å². The molecule has 0 radical (unpaired) electrons. The molecule has 0 amide bonds. The van der Waals surface area contributed by atoms with Crippen LogP contribution in [0, 0.1) is 23.6 Å². The molecule has 0 heterocycles. The molecule has 0 aromatic heterocycles. The van der Waals surface area contributed by atoms with Crippen LogP contribution in [0.4, 0.5) is 4.39 Å². The highest BCUT2D eigenvalue weighted by atomic mass is 35.5. The lowest BCUT2D eigenvalue weighted by atomic mass is 9.83. The molecular formula is C17H23ClFN. The van der Waals surface area contributed by atoms with Crippen molar-refractivity contribution in [3.63, 3.8) is 0 Å². The first kappa shape index (κ1) is 14.3. The quantitative estimate of drug-likeness (QED) is 0.847. The van der Waals surface area contributed by atoms with Gasteiger partial charge >= 0.3 is 0 Å². The predicted octanol–water partition coefficient (Wildman–Crippen LogP) is 4.44. The second-order valence-corrected chi connectivity index (χ2v) is 7.02. The SMILES string of the molecule is CNC(Cc1ccc(Cl)c(F)c1)CC1CC2CCC1C2. The van der Waals surface area contributed by atoms with Crippen LogP contribution in [0.5, 0.6) is 0 Å². The topological polar surface area (TPSA) is 12.0 Å². The van der Waals surface area contributed by atoms with Crippen LogP contribution in [0.3, 0.4) is 0 Å². The molecule has 110 valence electrons. The minimum Gasteiger partial charge on any atom is -0.317 e. The van der Waals surface area contributed by atoms with E-state index in [-0.39, 0.29) is 10.8 Å². The van der Waals surface area contributed by atoms with E-state index in [2.05, 4.69) is 5.32 Å². The van der Waals surface area contributed by atoms with E-state index < -0.39 is 0 Å². The molecule has 4 atom stereocenters. The van der Waals surface area contributed by atoms with Gasteiger partial charge in [-0.1, -0.05) is 24.1 Å². The largest absolute Gasteiger partial charge is 0.317 e. The normalized spacial score (nSPS) is 29.9. The first-order chi connectivity index (χ1) is 9.65. The highest BCUT2D eigenvalue weighted by Gasteiger charge is 2.39. The van der Waals surface area contributed by atoms with E-state index in [1.54, 1.807) is 12.1 Å². The third kappa shape index (κ3) is 3.01. The molecule has 4 unspecified atom stereocenters. The summed E-state index contributed by atoms with van der Waals surface area (Å²) in [5, 5.41) is 3.63. The van der Waals surface area contributed by atoms with Crippen LogP contribution in [-0.2, 0) is 6.42 Å². The summed E-state index contributed by atoms with van der Waals surface area (Å²) in [6.07, 6.45) is 7.87. The molecule has 2 saturated carbocycles. The molecule has 2 aliphatic rings. The maximum absolute atomic E-state index is 13.5. The summed E-state index contributed by atoms with van der Waals surface area (Å²) in [5.74, 6) is 2.52. The summed E-state index contributed by atoms with van der Waals surface area (Å²) in [6, 6.07) is 5.63. The van der Waals surface area contributed by atoms with Crippen LogP contribution >= 0.6 is 11.6 Å². The van der Waals surface area contributed by atoms with Crippen LogP contribution in [0.15, 0.2) is 18.2 Å². The second kappa shape index (κ2) is 6.03. The van der Waals surface area contributed by atoms with Crippen molar-refractivity contribution in [3.8, 4) is 0 Å². The van der Waals surface area contributed by atoms with Crippen molar-refractivity contribution < 1.29 is 4.39 Å². The lowest BCUT2D eigenvalue weighted by molar-refractivity contribution is 0.281. The Kier molecular flexibility index (Phi) is 4.32.